The van der Waals surface area contributed by atoms with Crippen LogP contribution in [0, 0.1) is 6.92 Å². The zero-order chi connectivity index (χ0) is 26.8. The smallest absolute Gasteiger partial charge is 0.225 e. The Balaban J connectivity index is 1.70. The van der Waals surface area contributed by atoms with Crippen LogP contribution in [-0.2, 0) is 0 Å². The molecule has 2 amide bonds. The second kappa shape index (κ2) is 18.1. The summed E-state index contributed by atoms with van der Waals surface area (Å²) in [4.78, 5) is 27.2. The first-order valence-electron chi connectivity index (χ1n) is 15.1. The van der Waals surface area contributed by atoms with Gasteiger partial charge in [-0.1, -0.05) is 133 Å². The molecular formula is C34H52NO2+. The van der Waals surface area contributed by atoms with Crippen LogP contribution >= 0.6 is 0 Å². The Kier molecular flexibility index (Phi) is 15.1. The lowest BCUT2D eigenvalue weighted by Crippen LogP contribution is -2.54. The molecule has 2 aromatic carbocycles. The molecule has 0 fully saturated rings. The van der Waals surface area contributed by atoms with Gasteiger partial charge in [-0.25, -0.2) is 9.59 Å². The van der Waals surface area contributed by atoms with Crippen molar-refractivity contribution in [3.8, 4) is 0 Å². The number of hydrogen-bond acceptors (Lipinski definition) is 2. The van der Waals surface area contributed by atoms with E-state index < -0.39 is 0 Å². The van der Waals surface area contributed by atoms with Gasteiger partial charge >= 0.3 is 11.8 Å². The molecule has 1 unspecified atom stereocenters. The summed E-state index contributed by atoms with van der Waals surface area (Å²) in [5.74, 6) is -0.220. The third kappa shape index (κ3) is 10.9. The number of benzene rings is 2. The van der Waals surface area contributed by atoms with E-state index in [1.54, 1.807) is 7.05 Å². The zero-order valence-corrected chi connectivity index (χ0v) is 24.0. The van der Waals surface area contributed by atoms with Crippen molar-refractivity contribution in [3.05, 3.63) is 71.3 Å². The average Bonchev–Trinajstić information content (AvgIpc) is 2.92. The van der Waals surface area contributed by atoms with Crippen LogP contribution in [-0.4, -0.2) is 29.9 Å². The third-order valence-corrected chi connectivity index (χ3v) is 7.75. The molecule has 3 heteroatoms. The van der Waals surface area contributed by atoms with Crippen LogP contribution in [0.1, 0.15) is 136 Å². The topological polar surface area (TPSA) is 34.1 Å². The molecule has 1 atom stereocenters. The van der Waals surface area contributed by atoms with E-state index >= 15 is 0 Å². The summed E-state index contributed by atoms with van der Waals surface area (Å²) in [6, 6.07) is 16.9. The van der Waals surface area contributed by atoms with Crippen LogP contribution in [0.2, 0.25) is 0 Å². The van der Waals surface area contributed by atoms with Crippen molar-refractivity contribution in [1.29, 1.82) is 0 Å². The van der Waals surface area contributed by atoms with Gasteiger partial charge in [0.05, 0.1) is 24.7 Å². The summed E-state index contributed by atoms with van der Waals surface area (Å²) in [5, 5.41) is 0. The van der Waals surface area contributed by atoms with Gasteiger partial charge in [-0.3, -0.25) is 0 Å². The quantitative estimate of drug-likeness (QED) is 0.108. The van der Waals surface area contributed by atoms with Crippen molar-refractivity contribution in [3.63, 3.8) is 0 Å². The number of nitrogens with zero attached hydrogens (tertiary/aromatic N) is 1. The summed E-state index contributed by atoms with van der Waals surface area (Å²) >= 11 is 0. The van der Waals surface area contributed by atoms with Gasteiger partial charge < -0.3 is 0 Å². The summed E-state index contributed by atoms with van der Waals surface area (Å²) < 4.78 is -0.201. The number of rotatable bonds is 19. The highest BCUT2D eigenvalue weighted by atomic mass is 16.2. The van der Waals surface area contributed by atoms with Crippen LogP contribution in [0.15, 0.2) is 54.6 Å². The van der Waals surface area contributed by atoms with Crippen molar-refractivity contribution in [2.75, 3.05) is 13.6 Å². The van der Waals surface area contributed by atoms with Crippen LogP contribution in [0.3, 0.4) is 0 Å². The minimum Gasteiger partial charge on any atom is -0.225 e. The Labute approximate surface area is 227 Å². The molecule has 204 valence electrons. The minimum atomic E-state index is -0.201. The monoisotopic (exact) mass is 506 g/mol. The molecule has 0 radical (unpaired) electrons. The van der Waals surface area contributed by atoms with Gasteiger partial charge in [-0.2, -0.15) is 4.48 Å². The Morgan fingerprint density at radius 1 is 0.568 bits per heavy atom. The molecule has 0 N–H and O–H groups in total. The van der Waals surface area contributed by atoms with Crippen molar-refractivity contribution in [2.45, 2.75) is 117 Å². The number of amides is 2. The molecule has 2 rings (SSSR count). The lowest BCUT2D eigenvalue weighted by molar-refractivity contribution is -0.744. The number of hydrogen-bond donors (Lipinski definition) is 0. The largest absolute Gasteiger partial charge is 0.353 e. The molecule has 0 aliphatic rings. The van der Waals surface area contributed by atoms with E-state index in [0.29, 0.717) is 17.7 Å². The molecule has 0 saturated carbocycles. The molecule has 0 spiro atoms. The van der Waals surface area contributed by atoms with Crippen molar-refractivity contribution in [1.82, 2.24) is 0 Å². The number of aryl methyl sites for hydroxylation is 1. The SMILES string of the molecule is CCCCCCCCCCCCCCCCCC[N+](C)(C(=O)c1ccccc1)C(=O)c1ccccc1C. The summed E-state index contributed by atoms with van der Waals surface area (Å²) in [6.07, 6.45) is 21.0. The predicted molar refractivity (Wildman–Crippen MR) is 157 cm³/mol. The first kappa shape index (κ1) is 31.0. The maximum Gasteiger partial charge on any atom is 0.353 e. The van der Waals surface area contributed by atoms with Gasteiger partial charge in [0.15, 0.2) is 0 Å². The molecule has 0 bridgehead atoms. The van der Waals surface area contributed by atoms with E-state index in [0.717, 1.165) is 18.4 Å². The minimum absolute atomic E-state index is 0.104. The Morgan fingerprint density at radius 2 is 1.00 bits per heavy atom. The molecule has 0 saturated heterocycles. The fourth-order valence-corrected chi connectivity index (χ4v) is 5.22. The van der Waals surface area contributed by atoms with Crippen LogP contribution in [0.4, 0.5) is 0 Å². The number of carbonyl (C=O) groups excluding carboxylic acids is 2. The summed E-state index contributed by atoms with van der Waals surface area (Å²) in [6.45, 7) is 4.76. The Morgan fingerprint density at radius 3 is 1.49 bits per heavy atom. The molecule has 0 aliphatic carbocycles. The van der Waals surface area contributed by atoms with Crippen molar-refractivity contribution in [2.24, 2.45) is 0 Å². The number of imide groups is 1. The standard InChI is InChI=1S/C34H52NO2/c1-4-5-6-7-8-9-10-11-12-13-14-15-16-17-18-24-29-35(3,33(36)31-26-20-19-21-27-31)34(37)32-28-23-22-25-30(32)2/h19-23,25-28H,4-18,24,29H2,1-3H3/q+1. The van der Waals surface area contributed by atoms with Gasteiger partial charge in [0.25, 0.3) is 0 Å². The number of carbonyl (C=O) groups is 2. The van der Waals surface area contributed by atoms with E-state index in [1.807, 2.05) is 61.5 Å². The van der Waals surface area contributed by atoms with Crippen LogP contribution in [0.5, 0.6) is 0 Å². The molecule has 0 aliphatic heterocycles. The van der Waals surface area contributed by atoms with Gasteiger partial charge in [0.1, 0.15) is 0 Å². The molecule has 2 aromatic rings. The number of quaternary nitrogens is 1. The zero-order valence-electron chi connectivity index (χ0n) is 24.0. The van der Waals surface area contributed by atoms with E-state index in [2.05, 4.69) is 6.92 Å². The van der Waals surface area contributed by atoms with E-state index in [-0.39, 0.29) is 16.3 Å². The van der Waals surface area contributed by atoms with Crippen LogP contribution < -0.4 is 0 Å². The van der Waals surface area contributed by atoms with E-state index in [9.17, 15) is 9.59 Å². The molecule has 3 nitrogen and oxygen atoms in total. The predicted octanol–water partition coefficient (Wildman–Crippen LogP) is 9.68. The number of unbranched alkanes of at least 4 members (excludes halogenated alkanes) is 15. The van der Waals surface area contributed by atoms with Crippen molar-refractivity contribution >= 4 is 11.8 Å². The van der Waals surface area contributed by atoms with Crippen LogP contribution in [0.25, 0.3) is 0 Å². The Hall–Kier alpha value is -2.26. The second-order valence-corrected chi connectivity index (χ2v) is 11.0. The normalized spacial score (nSPS) is 12.8. The third-order valence-electron chi connectivity index (χ3n) is 7.75. The van der Waals surface area contributed by atoms with Gasteiger partial charge in [0, 0.05) is 0 Å². The average molecular weight is 507 g/mol. The fourth-order valence-electron chi connectivity index (χ4n) is 5.22. The Bertz CT molecular complexity index is 907. The van der Waals surface area contributed by atoms with Gasteiger partial charge in [-0.05, 0) is 43.5 Å². The van der Waals surface area contributed by atoms with E-state index in [1.165, 1.54) is 89.9 Å². The highest BCUT2D eigenvalue weighted by Gasteiger charge is 2.41. The highest BCUT2D eigenvalue weighted by molar-refractivity contribution is 6.02. The van der Waals surface area contributed by atoms with Crippen molar-refractivity contribution < 1.29 is 14.1 Å². The molecule has 0 aromatic heterocycles. The molecule has 0 heterocycles. The summed E-state index contributed by atoms with van der Waals surface area (Å²) in [7, 11) is 1.80. The lowest BCUT2D eigenvalue weighted by atomic mass is 10.0. The summed E-state index contributed by atoms with van der Waals surface area (Å²) in [5.41, 5.74) is 2.17. The van der Waals surface area contributed by atoms with Gasteiger partial charge in [-0.15, -0.1) is 0 Å². The van der Waals surface area contributed by atoms with Gasteiger partial charge in [0.2, 0.25) is 0 Å². The highest BCUT2D eigenvalue weighted by Crippen LogP contribution is 2.22. The lowest BCUT2D eigenvalue weighted by Gasteiger charge is -2.29. The molecule has 37 heavy (non-hydrogen) atoms. The maximum absolute atomic E-state index is 13.6. The van der Waals surface area contributed by atoms with E-state index in [4.69, 9.17) is 0 Å². The first-order valence-corrected chi connectivity index (χ1v) is 15.1. The fraction of sp³-hybridized carbons (Fsp3) is 0.588. The second-order valence-electron chi connectivity index (χ2n) is 11.0. The molecular weight excluding hydrogens is 454 g/mol. The maximum atomic E-state index is 13.6. The first-order chi connectivity index (χ1) is 18.0.